The lowest BCUT2D eigenvalue weighted by Crippen LogP contribution is -1.95. The molecule has 0 aliphatic rings. The molecule has 0 radical (unpaired) electrons. The normalized spacial score (nSPS) is 9.64. The van der Waals surface area contributed by atoms with Crippen LogP contribution in [0.4, 0.5) is 4.39 Å². The van der Waals surface area contributed by atoms with Crippen LogP contribution < -0.4 is 5.73 Å². The van der Waals surface area contributed by atoms with E-state index in [-0.39, 0.29) is 5.82 Å². The number of hydrogen-bond acceptors (Lipinski definition) is 1. The molecule has 0 spiro atoms. The van der Waals surface area contributed by atoms with E-state index in [9.17, 15) is 4.39 Å². The van der Waals surface area contributed by atoms with Gasteiger partial charge in [-0.2, -0.15) is 0 Å². The summed E-state index contributed by atoms with van der Waals surface area (Å²) in [5.41, 5.74) is 7.03. The molecule has 0 heterocycles. The smallest absolute Gasteiger partial charge is 0.126 e. The molecule has 0 fully saturated rings. The molecule has 1 rings (SSSR count). The Morgan fingerprint density at radius 3 is 2.64 bits per heavy atom. The molecule has 0 unspecified atom stereocenters. The van der Waals surface area contributed by atoms with Crippen LogP contribution in [0.3, 0.4) is 0 Å². The van der Waals surface area contributed by atoms with Gasteiger partial charge >= 0.3 is 0 Å². The third-order valence-corrected chi connectivity index (χ3v) is 1.54. The minimum absolute atomic E-state index is 0.242. The van der Waals surface area contributed by atoms with Gasteiger partial charge in [0.25, 0.3) is 0 Å². The first-order chi connectivity index (χ1) is 5.11. The summed E-state index contributed by atoms with van der Waals surface area (Å²) in [6, 6.07) is 4.82. The maximum absolute atomic E-state index is 12.8. The summed E-state index contributed by atoms with van der Waals surface area (Å²) in [5.74, 6) is -0.242. The van der Waals surface area contributed by atoms with Crippen LogP contribution >= 0.6 is 0 Å². The van der Waals surface area contributed by atoms with E-state index in [1.165, 1.54) is 6.07 Å². The van der Waals surface area contributed by atoms with Crippen molar-refractivity contribution in [2.24, 2.45) is 5.73 Å². The lowest BCUT2D eigenvalue weighted by atomic mass is 10.1. The molecule has 1 nitrogen and oxygen atoms in total. The molecule has 0 atom stereocenters. The monoisotopic (exact) mass is 151 g/mol. The molecule has 0 saturated carbocycles. The highest BCUT2D eigenvalue weighted by atomic mass is 19.1. The van der Waals surface area contributed by atoms with Crippen molar-refractivity contribution in [3.63, 3.8) is 0 Å². The Morgan fingerprint density at radius 1 is 1.55 bits per heavy atom. The number of halogens is 1. The molecule has 0 saturated heterocycles. The van der Waals surface area contributed by atoms with Crippen LogP contribution in [0.1, 0.15) is 11.1 Å². The van der Waals surface area contributed by atoms with E-state index in [2.05, 4.69) is 6.58 Å². The third-order valence-electron chi connectivity index (χ3n) is 1.54. The number of benzene rings is 1. The van der Waals surface area contributed by atoms with E-state index in [4.69, 9.17) is 5.73 Å². The summed E-state index contributed by atoms with van der Waals surface area (Å²) in [7, 11) is 0. The SMILES string of the molecule is C=C(N)c1ccc(C)c(F)c1. The van der Waals surface area contributed by atoms with Gasteiger partial charge in [-0.3, -0.25) is 0 Å². The molecular weight excluding hydrogens is 141 g/mol. The van der Waals surface area contributed by atoms with Crippen molar-refractivity contribution in [2.75, 3.05) is 0 Å². The average Bonchev–Trinajstić information content (AvgIpc) is 1.94. The Hall–Kier alpha value is -1.31. The number of rotatable bonds is 1. The maximum atomic E-state index is 12.8. The number of nitrogens with two attached hydrogens (primary N) is 1. The maximum Gasteiger partial charge on any atom is 0.126 e. The highest BCUT2D eigenvalue weighted by Gasteiger charge is 1.98. The summed E-state index contributed by atoms with van der Waals surface area (Å²) in [6.45, 7) is 5.21. The first-order valence-corrected chi connectivity index (χ1v) is 3.32. The molecule has 2 N–H and O–H groups in total. The van der Waals surface area contributed by atoms with Gasteiger partial charge in [-0.05, 0) is 24.1 Å². The second-order valence-corrected chi connectivity index (χ2v) is 2.49. The predicted molar refractivity (Wildman–Crippen MR) is 44.4 cm³/mol. The van der Waals surface area contributed by atoms with Crippen molar-refractivity contribution >= 4 is 5.70 Å². The van der Waals surface area contributed by atoms with Crippen molar-refractivity contribution in [2.45, 2.75) is 6.92 Å². The van der Waals surface area contributed by atoms with E-state index < -0.39 is 0 Å². The van der Waals surface area contributed by atoms with E-state index >= 15 is 0 Å². The van der Waals surface area contributed by atoms with Crippen LogP contribution in [-0.2, 0) is 0 Å². The second-order valence-electron chi connectivity index (χ2n) is 2.49. The zero-order valence-electron chi connectivity index (χ0n) is 6.39. The fourth-order valence-electron chi connectivity index (χ4n) is 0.793. The quantitative estimate of drug-likeness (QED) is 0.653. The summed E-state index contributed by atoms with van der Waals surface area (Å²) < 4.78 is 12.8. The highest BCUT2D eigenvalue weighted by Crippen LogP contribution is 2.12. The molecule has 0 aliphatic heterocycles. The molecule has 0 aliphatic carbocycles. The van der Waals surface area contributed by atoms with Gasteiger partial charge in [0.2, 0.25) is 0 Å². The van der Waals surface area contributed by atoms with Crippen molar-refractivity contribution in [3.05, 3.63) is 41.7 Å². The average molecular weight is 151 g/mol. The van der Waals surface area contributed by atoms with Gasteiger partial charge in [0.1, 0.15) is 5.82 Å². The number of hydrogen-bond donors (Lipinski definition) is 1. The molecule has 58 valence electrons. The summed E-state index contributed by atoms with van der Waals surface area (Å²) in [5, 5.41) is 0. The van der Waals surface area contributed by atoms with Crippen molar-refractivity contribution in [3.8, 4) is 0 Å². The van der Waals surface area contributed by atoms with Crippen LogP contribution in [0.5, 0.6) is 0 Å². The Balaban J connectivity index is 3.15. The summed E-state index contributed by atoms with van der Waals surface area (Å²) in [4.78, 5) is 0. The van der Waals surface area contributed by atoms with Crippen LogP contribution in [0.2, 0.25) is 0 Å². The Bertz CT molecular complexity index is 292. The highest BCUT2D eigenvalue weighted by molar-refractivity contribution is 5.60. The zero-order valence-corrected chi connectivity index (χ0v) is 6.39. The zero-order chi connectivity index (χ0) is 8.43. The van der Waals surface area contributed by atoms with Crippen molar-refractivity contribution in [1.82, 2.24) is 0 Å². The van der Waals surface area contributed by atoms with Crippen molar-refractivity contribution < 1.29 is 4.39 Å². The largest absolute Gasteiger partial charge is 0.399 e. The second kappa shape index (κ2) is 2.74. The van der Waals surface area contributed by atoms with E-state index in [1.807, 2.05) is 0 Å². The Morgan fingerprint density at radius 2 is 2.18 bits per heavy atom. The van der Waals surface area contributed by atoms with Crippen LogP contribution in [-0.4, -0.2) is 0 Å². The van der Waals surface area contributed by atoms with Gasteiger partial charge in [-0.25, -0.2) is 4.39 Å². The third kappa shape index (κ3) is 1.58. The van der Waals surface area contributed by atoms with Crippen LogP contribution in [0.25, 0.3) is 5.70 Å². The molecule has 0 bridgehead atoms. The predicted octanol–water partition coefficient (Wildman–Crippen LogP) is 2.06. The van der Waals surface area contributed by atoms with Gasteiger partial charge in [-0.15, -0.1) is 0 Å². The van der Waals surface area contributed by atoms with Gasteiger partial charge < -0.3 is 5.73 Å². The number of aryl methyl sites for hydroxylation is 1. The lowest BCUT2D eigenvalue weighted by Gasteiger charge is -2.00. The van der Waals surface area contributed by atoms with Gasteiger partial charge in [-0.1, -0.05) is 18.7 Å². The molecule has 0 amide bonds. The Labute approximate surface area is 65.3 Å². The van der Waals surface area contributed by atoms with E-state index in [1.54, 1.807) is 19.1 Å². The fraction of sp³-hybridized carbons (Fsp3) is 0.111. The first kappa shape index (κ1) is 7.79. The summed E-state index contributed by atoms with van der Waals surface area (Å²) >= 11 is 0. The van der Waals surface area contributed by atoms with Gasteiger partial charge in [0.05, 0.1) is 0 Å². The van der Waals surface area contributed by atoms with Crippen LogP contribution in [0, 0.1) is 12.7 Å². The molecule has 11 heavy (non-hydrogen) atoms. The topological polar surface area (TPSA) is 26.0 Å². The minimum atomic E-state index is -0.242. The van der Waals surface area contributed by atoms with Gasteiger partial charge in [0.15, 0.2) is 0 Å². The molecule has 1 aromatic rings. The Kier molecular flexibility index (Phi) is 1.94. The van der Waals surface area contributed by atoms with Crippen LogP contribution in [0.15, 0.2) is 24.8 Å². The molecule has 0 aromatic heterocycles. The standard InChI is InChI=1S/C9H10FN/c1-6-3-4-8(7(2)11)5-9(6)10/h3-5H,2,11H2,1H3. The molecule has 1 aromatic carbocycles. The van der Waals surface area contributed by atoms with E-state index in [0.29, 0.717) is 16.8 Å². The fourth-order valence-corrected chi connectivity index (χ4v) is 0.793. The van der Waals surface area contributed by atoms with Crippen molar-refractivity contribution in [1.29, 1.82) is 0 Å². The van der Waals surface area contributed by atoms with E-state index in [0.717, 1.165) is 0 Å². The lowest BCUT2D eigenvalue weighted by molar-refractivity contribution is 0.618. The minimum Gasteiger partial charge on any atom is -0.399 e. The molecule has 2 heteroatoms. The van der Waals surface area contributed by atoms with Gasteiger partial charge in [0, 0.05) is 5.70 Å². The first-order valence-electron chi connectivity index (χ1n) is 3.32. The summed E-state index contributed by atoms with van der Waals surface area (Å²) in [6.07, 6.45) is 0. The molecular formula is C9H10FN.